The summed E-state index contributed by atoms with van der Waals surface area (Å²) in [7, 11) is 0. The van der Waals surface area contributed by atoms with Crippen LogP contribution in [0.1, 0.15) is 13.8 Å². The van der Waals surface area contributed by atoms with Gasteiger partial charge in [-0.25, -0.2) is 0 Å². The van der Waals surface area contributed by atoms with Gasteiger partial charge in [-0.1, -0.05) is 13.8 Å². The van der Waals surface area contributed by atoms with Crippen LogP contribution in [0.3, 0.4) is 0 Å². The molecule has 0 atom stereocenters. The zero-order valence-corrected chi connectivity index (χ0v) is 3.83. The molecule has 6 heavy (non-hydrogen) atoms. The fourth-order valence-electron chi connectivity index (χ4n) is 0. The molecule has 0 N–H and O–H groups in total. The summed E-state index contributed by atoms with van der Waals surface area (Å²) in [6.45, 7) is 2.91. The minimum atomic E-state index is -1.49. The van der Waals surface area contributed by atoms with Crippen molar-refractivity contribution in [2.24, 2.45) is 5.92 Å². The average Bonchev–Trinajstić information content (AvgIpc) is 1.36. The molecule has 0 aliphatic rings. The molecule has 0 rings (SSSR count). The topological polar surface area (TPSA) is 0 Å². The highest BCUT2D eigenvalue weighted by atomic mass is 19.3. The second-order valence-corrected chi connectivity index (χ2v) is 1.44. The molecule has 0 bridgehead atoms. The normalized spacial score (nSPS) is 11.0. The van der Waals surface area contributed by atoms with Crippen molar-refractivity contribution < 1.29 is 8.78 Å². The summed E-state index contributed by atoms with van der Waals surface area (Å²) in [5, 5.41) is 0. The molecular weight excluding hydrogens is 86.0 g/mol. The van der Waals surface area contributed by atoms with Crippen molar-refractivity contribution in [1.82, 2.24) is 0 Å². The van der Waals surface area contributed by atoms with Gasteiger partial charge >= 0.3 is 6.43 Å². The molecule has 0 aliphatic carbocycles. The Kier molecular flexibility index (Phi) is 2.06. The van der Waals surface area contributed by atoms with Crippen molar-refractivity contribution >= 4 is 0 Å². The van der Waals surface area contributed by atoms with E-state index in [0.29, 0.717) is 0 Å². The molecule has 0 heterocycles. The van der Waals surface area contributed by atoms with E-state index in [0.717, 1.165) is 0 Å². The third kappa shape index (κ3) is 2.12. The highest BCUT2D eigenvalue weighted by molar-refractivity contribution is 4.62. The molecule has 0 aromatic carbocycles. The molecule has 0 saturated carbocycles. The van der Waals surface area contributed by atoms with E-state index < -0.39 is 12.3 Å². The molecule has 0 unspecified atom stereocenters. The van der Waals surface area contributed by atoms with Gasteiger partial charge in [0.2, 0.25) is 0 Å². The second kappa shape index (κ2) is 2.11. The molecule has 0 aromatic rings. The van der Waals surface area contributed by atoms with Crippen LogP contribution in [0.2, 0.25) is 0 Å². The van der Waals surface area contributed by atoms with Crippen LogP contribution in [0.4, 0.5) is 8.78 Å². The Hall–Kier alpha value is -0.140. The summed E-state index contributed by atoms with van der Waals surface area (Å²) in [6.07, 6.45) is -1.49. The summed E-state index contributed by atoms with van der Waals surface area (Å²) < 4.78 is 22.1. The number of halogens is 2. The van der Waals surface area contributed by atoms with Gasteiger partial charge in [-0.3, -0.25) is 0 Å². The quantitative estimate of drug-likeness (QED) is 0.465. The first-order valence-corrected chi connectivity index (χ1v) is 1.82. The first-order chi connectivity index (χ1) is 2.64. The molecule has 0 aliphatic heterocycles. The maximum Gasteiger partial charge on any atom is 0.312 e. The third-order valence-corrected chi connectivity index (χ3v) is 0.436. The van der Waals surface area contributed by atoms with Crippen LogP contribution in [-0.4, -0.2) is 0 Å². The lowest BCUT2D eigenvalue weighted by atomic mass is 10.2. The first-order valence-electron chi connectivity index (χ1n) is 1.82. The third-order valence-electron chi connectivity index (χ3n) is 0.436. The highest BCUT2D eigenvalue weighted by Crippen LogP contribution is 2.14. The van der Waals surface area contributed by atoms with Crippen LogP contribution in [0.25, 0.3) is 0 Å². The van der Waals surface area contributed by atoms with Crippen molar-refractivity contribution in [2.75, 3.05) is 0 Å². The summed E-state index contributed by atoms with van der Waals surface area (Å²) in [6, 6.07) is 0. The molecule has 2 heteroatoms. The van der Waals surface area contributed by atoms with Gasteiger partial charge in [0, 0.05) is 5.92 Å². The van der Waals surface area contributed by atoms with Crippen molar-refractivity contribution in [3.8, 4) is 0 Å². The van der Waals surface area contributed by atoms with Gasteiger partial charge in [-0.15, -0.1) is 0 Å². The highest BCUT2D eigenvalue weighted by Gasteiger charge is 2.08. The Morgan fingerprint density at radius 2 is 1.50 bits per heavy atom. The van der Waals surface area contributed by atoms with Gasteiger partial charge in [-0.05, 0) is 0 Å². The Labute approximate surface area is 36.2 Å². The molecule has 0 aromatic heterocycles. The van der Waals surface area contributed by atoms with Crippen LogP contribution in [0.15, 0.2) is 0 Å². The molecule has 0 saturated heterocycles. The van der Waals surface area contributed by atoms with E-state index in [1.807, 2.05) is 0 Å². The maximum absolute atomic E-state index is 11.1. The lowest BCUT2D eigenvalue weighted by Crippen LogP contribution is -1.89. The van der Waals surface area contributed by atoms with Crippen LogP contribution in [0.5, 0.6) is 0 Å². The molecular formula is C4H7F2. The Balaban J connectivity index is 2.99. The molecule has 0 nitrogen and oxygen atoms in total. The molecule has 37 valence electrons. The SMILES string of the molecule is CC(C)[C](F)F. The smallest absolute Gasteiger partial charge is 0.200 e. The zero-order chi connectivity index (χ0) is 5.15. The van der Waals surface area contributed by atoms with E-state index >= 15 is 0 Å². The van der Waals surface area contributed by atoms with Gasteiger partial charge in [0.1, 0.15) is 0 Å². The van der Waals surface area contributed by atoms with Crippen molar-refractivity contribution in [1.29, 1.82) is 0 Å². The van der Waals surface area contributed by atoms with Crippen molar-refractivity contribution in [3.05, 3.63) is 6.43 Å². The predicted molar refractivity (Wildman–Crippen MR) is 20.3 cm³/mol. The summed E-state index contributed by atoms with van der Waals surface area (Å²) >= 11 is 0. The summed E-state index contributed by atoms with van der Waals surface area (Å²) in [4.78, 5) is 0. The predicted octanol–water partition coefficient (Wildman–Crippen LogP) is 2.07. The number of rotatable bonds is 1. The van der Waals surface area contributed by atoms with Crippen molar-refractivity contribution in [2.45, 2.75) is 13.8 Å². The van der Waals surface area contributed by atoms with E-state index in [1.54, 1.807) is 0 Å². The fraction of sp³-hybridized carbons (Fsp3) is 0.750. The first kappa shape index (κ1) is 5.86. The van der Waals surface area contributed by atoms with Crippen molar-refractivity contribution in [3.63, 3.8) is 0 Å². The Bertz CT molecular complexity index is 26.5. The zero-order valence-electron chi connectivity index (χ0n) is 3.83. The van der Waals surface area contributed by atoms with Crippen LogP contribution in [-0.2, 0) is 0 Å². The van der Waals surface area contributed by atoms with E-state index in [1.165, 1.54) is 13.8 Å². The monoisotopic (exact) mass is 93.1 g/mol. The van der Waals surface area contributed by atoms with Crippen LogP contribution < -0.4 is 0 Å². The van der Waals surface area contributed by atoms with Crippen LogP contribution in [0, 0.1) is 12.3 Å². The molecule has 0 spiro atoms. The summed E-state index contributed by atoms with van der Waals surface area (Å²) in [5.41, 5.74) is 0. The van der Waals surface area contributed by atoms with Gasteiger partial charge < -0.3 is 0 Å². The Morgan fingerprint density at radius 3 is 1.50 bits per heavy atom. The van der Waals surface area contributed by atoms with Gasteiger partial charge in [-0.2, -0.15) is 8.78 Å². The molecule has 0 fully saturated rings. The minimum Gasteiger partial charge on any atom is -0.200 e. The van der Waals surface area contributed by atoms with Crippen LogP contribution >= 0.6 is 0 Å². The standard InChI is InChI=1S/C4H7F2/c1-3(2)4(5)6/h3H,1-2H3. The largest absolute Gasteiger partial charge is 0.312 e. The Morgan fingerprint density at radius 1 is 1.33 bits per heavy atom. The maximum atomic E-state index is 11.1. The molecule has 0 amide bonds. The minimum absolute atomic E-state index is 0.565. The molecule has 1 radical (unpaired) electrons. The lowest BCUT2D eigenvalue weighted by Gasteiger charge is -1.94. The lowest BCUT2D eigenvalue weighted by molar-refractivity contribution is 0.226. The van der Waals surface area contributed by atoms with Gasteiger partial charge in [0.25, 0.3) is 0 Å². The second-order valence-electron chi connectivity index (χ2n) is 1.44. The van der Waals surface area contributed by atoms with Gasteiger partial charge in [0.15, 0.2) is 0 Å². The number of hydrogen-bond acceptors (Lipinski definition) is 0. The fourth-order valence-corrected chi connectivity index (χ4v) is 0. The van der Waals surface area contributed by atoms with E-state index in [4.69, 9.17) is 0 Å². The summed E-state index contributed by atoms with van der Waals surface area (Å²) in [5.74, 6) is -0.565. The number of hydrogen-bond donors (Lipinski definition) is 0. The van der Waals surface area contributed by atoms with Gasteiger partial charge in [0.05, 0.1) is 0 Å². The van der Waals surface area contributed by atoms with E-state index in [2.05, 4.69) is 0 Å². The van der Waals surface area contributed by atoms with E-state index in [-0.39, 0.29) is 0 Å². The average molecular weight is 93.1 g/mol. The van der Waals surface area contributed by atoms with E-state index in [9.17, 15) is 8.78 Å².